The molecule has 0 radical (unpaired) electrons. The van der Waals surface area contributed by atoms with Crippen molar-refractivity contribution in [3.8, 4) is 11.1 Å². The largest absolute Gasteiger partial charge is 0.446 e. The summed E-state index contributed by atoms with van der Waals surface area (Å²) in [4.78, 5) is 30.2. The molecule has 3 aromatic rings. The van der Waals surface area contributed by atoms with Crippen LogP contribution in [0.1, 0.15) is 43.2 Å². The van der Waals surface area contributed by atoms with Crippen LogP contribution < -0.4 is 5.32 Å². The lowest BCUT2D eigenvalue weighted by Gasteiger charge is -2.26. The van der Waals surface area contributed by atoms with Gasteiger partial charge < -0.3 is 23.8 Å². The Morgan fingerprint density at radius 1 is 0.878 bits per heavy atom. The van der Waals surface area contributed by atoms with Crippen molar-refractivity contribution in [2.24, 2.45) is 17.8 Å². The standard InChI is InChI=1S/C40H51N3O6/c1-46-39(47-2)28-43(25-30-15-16-30)38(44)18-20-48-19-17-29-9-8-10-31(21-29)24-42-26-33-22-35(23-34(33)27-42)49-40(45)41-37-14-7-6-13-36(37)32-11-4-3-5-12-32/h3-14,21,30,33-35,39H,15-20,22-28H2,1-2H3,(H,41,45)/t33-,34+,35+. The number of hydrogen-bond donors (Lipinski definition) is 1. The number of carbonyl (C=O) groups is 2. The molecule has 1 saturated heterocycles. The molecule has 3 fully saturated rings. The number of amides is 2. The van der Waals surface area contributed by atoms with Gasteiger partial charge >= 0.3 is 6.09 Å². The van der Waals surface area contributed by atoms with Gasteiger partial charge in [0.2, 0.25) is 5.91 Å². The van der Waals surface area contributed by atoms with Gasteiger partial charge in [0.25, 0.3) is 0 Å². The van der Waals surface area contributed by atoms with Crippen LogP contribution in [0.2, 0.25) is 0 Å². The number of anilines is 1. The number of hydrogen-bond acceptors (Lipinski definition) is 7. The molecule has 1 heterocycles. The van der Waals surface area contributed by atoms with Crippen LogP contribution in [0.15, 0.2) is 78.9 Å². The van der Waals surface area contributed by atoms with Crippen molar-refractivity contribution in [2.75, 3.05) is 58.9 Å². The first-order valence-corrected chi connectivity index (χ1v) is 17.8. The van der Waals surface area contributed by atoms with Gasteiger partial charge in [-0.2, -0.15) is 0 Å². The van der Waals surface area contributed by atoms with Crippen LogP contribution in [-0.2, 0) is 36.7 Å². The second kappa shape index (κ2) is 17.3. The Balaban J connectivity index is 0.893. The van der Waals surface area contributed by atoms with E-state index >= 15 is 0 Å². The lowest BCUT2D eigenvalue weighted by molar-refractivity contribution is -0.146. The molecule has 0 spiro atoms. The van der Waals surface area contributed by atoms with Gasteiger partial charge in [-0.05, 0) is 72.6 Å². The van der Waals surface area contributed by atoms with Crippen LogP contribution in [0.3, 0.4) is 0 Å². The van der Waals surface area contributed by atoms with Crippen LogP contribution in [0.4, 0.5) is 10.5 Å². The number of nitrogens with one attached hydrogen (secondary N) is 1. The van der Waals surface area contributed by atoms with Crippen molar-refractivity contribution in [1.29, 1.82) is 0 Å². The molecule has 262 valence electrons. The summed E-state index contributed by atoms with van der Waals surface area (Å²) in [6.45, 7) is 5.18. The SMILES string of the molecule is COC(CN(CC1CC1)C(=O)CCOCCc1cccc(CN2C[C@H]3C[C@H](OC(=O)Nc4ccccc4-c4ccccc4)C[C@H]3C2)c1)OC. The minimum Gasteiger partial charge on any atom is -0.446 e. The lowest BCUT2D eigenvalue weighted by Crippen LogP contribution is -2.40. The summed E-state index contributed by atoms with van der Waals surface area (Å²) in [5, 5.41) is 2.99. The minimum atomic E-state index is -0.407. The highest BCUT2D eigenvalue weighted by Gasteiger charge is 2.42. The van der Waals surface area contributed by atoms with Gasteiger partial charge in [-0.25, -0.2) is 4.79 Å². The Labute approximate surface area is 290 Å². The number of rotatable bonds is 17. The molecule has 3 aromatic carbocycles. The van der Waals surface area contributed by atoms with Crippen molar-refractivity contribution in [1.82, 2.24) is 9.80 Å². The van der Waals surface area contributed by atoms with Crippen LogP contribution >= 0.6 is 0 Å². The Bertz CT molecular complexity index is 1500. The molecule has 3 aliphatic rings. The molecule has 49 heavy (non-hydrogen) atoms. The Hall–Kier alpha value is -3.76. The maximum Gasteiger partial charge on any atom is 0.411 e. The van der Waals surface area contributed by atoms with E-state index in [0.29, 0.717) is 43.9 Å². The predicted octanol–water partition coefficient (Wildman–Crippen LogP) is 6.62. The number of benzene rings is 3. The molecule has 1 aliphatic heterocycles. The molecule has 9 heteroatoms. The average Bonchev–Trinajstić information content (AvgIpc) is 3.75. The third-order valence-electron chi connectivity index (χ3n) is 10.1. The average molecular weight is 670 g/mol. The second-order valence-corrected chi connectivity index (χ2v) is 13.8. The molecule has 2 saturated carbocycles. The van der Waals surface area contributed by atoms with Gasteiger partial charge in [-0.3, -0.25) is 15.0 Å². The van der Waals surface area contributed by atoms with Gasteiger partial charge in [-0.1, -0.05) is 72.8 Å². The van der Waals surface area contributed by atoms with E-state index in [0.717, 1.165) is 62.3 Å². The van der Waals surface area contributed by atoms with Crippen LogP contribution in [0.5, 0.6) is 0 Å². The molecule has 1 N–H and O–H groups in total. The summed E-state index contributed by atoms with van der Waals surface area (Å²) in [5.74, 6) is 1.78. The topological polar surface area (TPSA) is 89.6 Å². The molecular weight excluding hydrogens is 618 g/mol. The normalized spacial score (nSPS) is 20.3. The number of para-hydroxylation sites is 1. The number of nitrogens with zero attached hydrogens (tertiary/aromatic N) is 2. The fourth-order valence-corrected chi connectivity index (χ4v) is 7.39. The van der Waals surface area contributed by atoms with Gasteiger partial charge in [0.1, 0.15) is 6.10 Å². The monoisotopic (exact) mass is 669 g/mol. The summed E-state index contributed by atoms with van der Waals surface area (Å²) in [7, 11) is 3.20. The van der Waals surface area contributed by atoms with Crippen LogP contribution in [0, 0.1) is 17.8 Å². The van der Waals surface area contributed by atoms with Gasteiger partial charge in [0, 0.05) is 46.0 Å². The van der Waals surface area contributed by atoms with Crippen LogP contribution in [0.25, 0.3) is 11.1 Å². The molecule has 0 aromatic heterocycles. The summed E-state index contributed by atoms with van der Waals surface area (Å²) >= 11 is 0. The van der Waals surface area contributed by atoms with E-state index in [1.807, 2.05) is 59.5 Å². The first-order valence-electron chi connectivity index (χ1n) is 17.8. The third kappa shape index (κ3) is 10.1. The van der Waals surface area contributed by atoms with Gasteiger partial charge in [0.15, 0.2) is 6.29 Å². The van der Waals surface area contributed by atoms with E-state index in [1.54, 1.807) is 14.2 Å². The fraction of sp³-hybridized carbons (Fsp3) is 0.500. The van der Waals surface area contributed by atoms with Crippen molar-refractivity contribution < 1.29 is 28.5 Å². The van der Waals surface area contributed by atoms with Gasteiger partial charge in [-0.15, -0.1) is 0 Å². The third-order valence-corrected chi connectivity index (χ3v) is 10.1. The molecule has 0 bridgehead atoms. The predicted molar refractivity (Wildman–Crippen MR) is 190 cm³/mol. The van der Waals surface area contributed by atoms with Crippen molar-refractivity contribution in [2.45, 2.75) is 57.5 Å². The zero-order valence-corrected chi connectivity index (χ0v) is 28.9. The maximum atomic E-state index is 12.9. The van der Waals surface area contributed by atoms with E-state index in [4.69, 9.17) is 18.9 Å². The molecule has 3 atom stereocenters. The quantitative estimate of drug-likeness (QED) is 0.128. The molecule has 9 nitrogen and oxygen atoms in total. The molecular formula is C40H51N3O6. The Morgan fingerprint density at radius 3 is 2.33 bits per heavy atom. The Morgan fingerprint density at radius 2 is 1.59 bits per heavy atom. The summed E-state index contributed by atoms with van der Waals surface area (Å²) in [6.07, 6.45) is 4.53. The summed E-state index contributed by atoms with van der Waals surface area (Å²) < 4.78 is 22.5. The number of carbonyl (C=O) groups excluding carboxylic acids is 2. The van der Waals surface area contributed by atoms with Crippen molar-refractivity contribution in [3.05, 3.63) is 90.0 Å². The highest BCUT2D eigenvalue weighted by Crippen LogP contribution is 2.40. The minimum absolute atomic E-state index is 0.0476. The molecule has 2 amide bonds. The number of methoxy groups -OCH3 is 2. The maximum absolute atomic E-state index is 12.9. The lowest BCUT2D eigenvalue weighted by atomic mass is 10.0. The van der Waals surface area contributed by atoms with E-state index in [1.165, 1.54) is 24.0 Å². The van der Waals surface area contributed by atoms with Crippen LogP contribution in [-0.4, -0.2) is 87.8 Å². The van der Waals surface area contributed by atoms with E-state index in [9.17, 15) is 9.59 Å². The zero-order valence-electron chi connectivity index (χ0n) is 28.9. The van der Waals surface area contributed by atoms with E-state index < -0.39 is 6.29 Å². The highest BCUT2D eigenvalue weighted by molar-refractivity contribution is 5.91. The highest BCUT2D eigenvalue weighted by atomic mass is 16.7. The number of likely N-dealkylation sites (tertiary alicyclic amines) is 1. The summed E-state index contributed by atoms with van der Waals surface area (Å²) in [5.41, 5.74) is 5.35. The second-order valence-electron chi connectivity index (χ2n) is 13.8. The molecule has 0 unspecified atom stereocenters. The van der Waals surface area contributed by atoms with E-state index in [2.05, 4.69) is 34.5 Å². The summed E-state index contributed by atoms with van der Waals surface area (Å²) in [6, 6.07) is 26.7. The fourth-order valence-electron chi connectivity index (χ4n) is 7.39. The first-order chi connectivity index (χ1) is 24.0. The Kier molecular flexibility index (Phi) is 12.4. The number of fused-ring (bicyclic) bond motifs is 1. The molecule has 6 rings (SSSR count). The van der Waals surface area contributed by atoms with Crippen molar-refractivity contribution in [3.63, 3.8) is 0 Å². The van der Waals surface area contributed by atoms with E-state index in [-0.39, 0.29) is 18.1 Å². The first kappa shape index (κ1) is 35.1. The van der Waals surface area contributed by atoms with Gasteiger partial charge in [0.05, 0.1) is 31.9 Å². The molecule has 2 aliphatic carbocycles. The van der Waals surface area contributed by atoms with Crippen molar-refractivity contribution >= 4 is 17.7 Å². The smallest absolute Gasteiger partial charge is 0.411 e. The number of ether oxygens (including phenoxy) is 4. The zero-order chi connectivity index (χ0) is 34.0.